The second-order valence-electron chi connectivity index (χ2n) is 7.11. The molecule has 0 unspecified atom stereocenters. The highest BCUT2D eigenvalue weighted by Gasteiger charge is 2.48. The third-order valence-electron chi connectivity index (χ3n) is 5.53. The van der Waals surface area contributed by atoms with Gasteiger partial charge >= 0.3 is 0 Å². The number of carbonyl (C=O) groups is 1. The lowest BCUT2D eigenvalue weighted by Gasteiger charge is -2.29. The zero-order valence-electron chi connectivity index (χ0n) is 15.1. The van der Waals surface area contributed by atoms with E-state index >= 15 is 0 Å². The first kappa shape index (κ1) is 16.6. The molecule has 0 radical (unpaired) electrons. The summed E-state index contributed by atoms with van der Waals surface area (Å²) in [4.78, 5) is 15.3. The van der Waals surface area contributed by atoms with Gasteiger partial charge in [0.15, 0.2) is 0 Å². The lowest BCUT2D eigenvalue weighted by molar-refractivity contribution is -0.123. The monoisotopic (exact) mass is 341 g/mol. The minimum absolute atomic E-state index is 0.207. The molecule has 2 nitrogen and oxygen atoms in total. The molecule has 0 N–H and O–H groups in total. The highest BCUT2D eigenvalue weighted by atomic mass is 16.2. The standard InChI is InChI=1S/C24H23NO/c1-25-22-15-9-8-14-21(22)24(23(25)26,18-20-12-6-3-7-13-20)17-16-19-10-4-2-5-11-19/h2-15H,16-18H2,1H3/t24-/m1/s1. The van der Waals surface area contributed by atoms with Crippen LogP contribution in [0.3, 0.4) is 0 Å². The Balaban J connectivity index is 1.76. The number of carbonyl (C=O) groups excluding carboxylic acids is 1. The molecule has 3 aromatic rings. The molecule has 4 rings (SSSR count). The Morgan fingerprint density at radius 3 is 2.04 bits per heavy atom. The number of nitrogens with zero attached hydrogens (tertiary/aromatic N) is 1. The maximum atomic E-state index is 13.4. The van der Waals surface area contributed by atoms with E-state index in [9.17, 15) is 4.79 Å². The summed E-state index contributed by atoms with van der Waals surface area (Å²) in [5.41, 5.74) is 4.19. The van der Waals surface area contributed by atoms with Gasteiger partial charge in [-0.25, -0.2) is 0 Å². The maximum Gasteiger partial charge on any atom is 0.237 e. The van der Waals surface area contributed by atoms with E-state index in [0.717, 1.165) is 30.5 Å². The molecule has 1 aliphatic rings. The van der Waals surface area contributed by atoms with Gasteiger partial charge in [0.05, 0.1) is 5.41 Å². The fourth-order valence-corrected chi connectivity index (χ4v) is 4.16. The molecule has 3 aromatic carbocycles. The predicted octanol–water partition coefficient (Wildman–Crippen LogP) is 4.78. The summed E-state index contributed by atoms with van der Waals surface area (Å²) in [6.07, 6.45) is 2.44. The van der Waals surface area contributed by atoms with Gasteiger partial charge < -0.3 is 4.90 Å². The van der Waals surface area contributed by atoms with Gasteiger partial charge in [-0.1, -0.05) is 78.9 Å². The van der Waals surface area contributed by atoms with Crippen LogP contribution in [0.5, 0.6) is 0 Å². The first-order valence-corrected chi connectivity index (χ1v) is 9.16. The van der Waals surface area contributed by atoms with Crippen LogP contribution in [0.25, 0.3) is 0 Å². The smallest absolute Gasteiger partial charge is 0.237 e. The highest BCUT2D eigenvalue weighted by molar-refractivity contribution is 6.08. The Hall–Kier alpha value is -2.87. The number of anilines is 1. The van der Waals surface area contributed by atoms with E-state index in [-0.39, 0.29) is 5.91 Å². The summed E-state index contributed by atoms with van der Waals surface area (Å²) in [5, 5.41) is 0. The number of hydrogen-bond donors (Lipinski definition) is 0. The Kier molecular flexibility index (Phi) is 4.34. The molecule has 0 aliphatic carbocycles. The first-order chi connectivity index (χ1) is 12.7. The minimum atomic E-state index is -0.497. The molecule has 0 bridgehead atoms. The molecule has 1 atom stereocenters. The quantitative estimate of drug-likeness (QED) is 0.654. The Morgan fingerprint density at radius 1 is 0.769 bits per heavy atom. The molecule has 26 heavy (non-hydrogen) atoms. The van der Waals surface area contributed by atoms with E-state index in [4.69, 9.17) is 0 Å². The number of rotatable bonds is 5. The van der Waals surface area contributed by atoms with Crippen LogP contribution in [0.2, 0.25) is 0 Å². The molecule has 0 spiro atoms. The van der Waals surface area contributed by atoms with Crippen LogP contribution in [0.1, 0.15) is 23.1 Å². The average Bonchev–Trinajstić information content (AvgIpc) is 2.91. The predicted molar refractivity (Wildman–Crippen MR) is 106 cm³/mol. The first-order valence-electron chi connectivity index (χ1n) is 9.16. The van der Waals surface area contributed by atoms with Crippen molar-refractivity contribution in [3.63, 3.8) is 0 Å². The van der Waals surface area contributed by atoms with Crippen molar-refractivity contribution in [2.45, 2.75) is 24.7 Å². The van der Waals surface area contributed by atoms with Gasteiger partial charge in [-0.2, -0.15) is 0 Å². The molecule has 130 valence electrons. The van der Waals surface area contributed by atoms with Crippen LogP contribution in [0, 0.1) is 0 Å². The van der Waals surface area contributed by atoms with Gasteiger partial charge in [-0.3, -0.25) is 4.79 Å². The number of fused-ring (bicyclic) bond motifs is 1. The van der Waals surface area contributed by atoms with Crippen LogP contribution in [-0.2, 0) is 23.1 Å². The van der Waals surface area contributed by atoms with Crippen molar-refractivity contribution in [2.75, 3.05) is 11.9 Å². The Labute approximate surface area is 155 Å². The molecule has 0 fully saturated rings. The van der Waals surface area contributed by atoms with Crippen LogP contribution >= 0.6 is 0 Å². The largest absolute Gasteiger partial charge is 0.314 e. The van der Waals surface area contributed by atoms with Gasteiger partial charge in [0, 0.05) is 12.7 Å². The Morgan fingerprint density at radius 2 is 1.35 bits per heavy atom. The fourth-order valence-electron chi connectivity index (χ4n) is 4.16. The Bertz CT molecular complexity index is 904. The van der Waals surface area contributed by atoms with E-state index < -0.39 is 5.41 Å². The molecule has 1 amide bonds. The van der Waals surface area contributed by atoms with E-state index in [1.165, 1.54) is 11.1 Å². The van der Waals surface area contributed by atoms with Gasteiger partial charge in [0.1, 0.15) is 0 Å². The number of para-hydroxylation sites is 1. The summed E-state index contributed by atoms with van der Waals surface area (Å²) in [5.74, 6) is 0.207. The molecule has 1 aliphatic heterocycles. The fraction of sp³-hybridized carbons (Fsp3) is 0.208. The number of amides is 1. The molecular weight excluding hydrogens is 318 g/mol. The summed E-state index contributed by atoms with van der Waals surface area (Å²) in [7, 11) is 1.90. The van der Waals surface area contributed by atoms with Gasteiger partial charge in [-0.05, 0) is 42.0 Å². The zero-order valence-corrected chi connectivity index (χ0v) is 15.1. The second kappa shape index (κ2) is 6.80. The normalized spacial score (nSPS) is 18.8. The van der Waals surface area contributed by atoms with Crippen molar-refractivity contribution < 1.29 is 4.79 Å². The second-order valence-corrected chi connectivity index (χ2v) is 7.11. The van der Waals surface area contributed by atoms with Crippen LogP contribution in [0.15, 0.2) is 84.9 Å². The number of benzene rings is 3. The molecule has 0 saturated heterocycles. The average molecular weight is 341 g/mol. The van der Waals surface area contributed by atoms with Crippen LogP contribution < -0.4 is 4.90 Å². The third kappa shape index (κ3) is 2.82. The van der Waals surface area contributed by atoms with Crippen molar-refractivity contribution in [2.24, 2.45) is 0 Å². The van der Waals surface area contributed by atoms with Crippen LogP contribution in [0.4, 0.5) is 5.69 Å². The summed E-state index contributed by atoms with van der Waals surface area (Å²) in [6, 6.07) is 29.1. The van der Waals surface area contributed by atoms with Gasteiger partial charge in [0.2, 0.25) is 5.91 Å². The van der Waals surface area contributed by atoms with E-state index in [1.807, 2.05) is 36.2 Å². The maximum absolute atomic E-state index is 13.4. The van der Waals surface area contributed by atoms with E-state index in [2.05, 4.69) is 60.7 Å². The summed E-state index contributed by atoms with van der Waals surface area (Å²) >= 11 is 0. The van der Waals surface area contributed by atoms with Crippen molar-refractivity contribution in [3.05, 3.63) is 102 Å². The topological polar surface area (TPSA) is 20.3 Å². The van der Waals surface area contributed by atoms with Crippen molar-refractivity contribution in [1.82, 2.24) is 0 Å². The SMILES string of the molecule is CN1C(=O)[C@](CCc2ccccc2)(Cc2ccccc2)c2ccccc21. The highest BCUT2D eigenvalue weighted by Crippen LogP contribution is 2.46. The van der Waals surface area contributed by atoms with Gasteiger partial charge in [-0.15, -0.1) is 0 Å². The number of hydrogen-bond acceptors (Lipinski definition) is 1. The van der Waals surface area contributed by atoms with Crippen molar-refractivity contribution in [1.29, 1.82) is 0 Å². The number of aryl methyl sites for hydroxylation is 1. The van der Waals surface area contributed by atoms with Crippen molar-refractivity contribution in [3.8, 4) is 0 Å². The molecule has 0 saturated carbocycles. The summed E-state index contributed by atoms with van der Waals surface area (Å²) < 4.78 is 0. The minimum Gasteiger partial charge on any atom is -0.314 e. The van der Waals surface area contributed by atoms with E-state index in [1.54, 1.807) is 0 Å². The van der Waals surface area contributed by atoms with Crippen LogP contribution in [-0.4, -0.2) is 13.0 Å². The van der Waals surface area contributed by atoms with E-state index in [0.29, 0.717) is 0 Å². The lowest BCUT2D eigenvalue weighted by atomic mass is 9.72. The summed E-state index contributed by atoms with van der Waals surface area (Å²) in [6.45, 7) is 0. The molecule has 1 heterocycles. The third-order valence-corrected chi connectivity index (χ3v) is 5.53. The van der Waals surface area contributed by atoms with Crippen molar-refractivity contribution >= 4 is 11.6 Å². The molecular formula is C24H23NO. The van der Waals surface area contributed by atoms with Gasteiger partial charge in [0.25, 0.3) is 0 Å². The number of likely N-dealkylation sites (N-methyl/N-ethyl adjacent to an activating group) is 1. The molecule has 2 heteroatoms. The zero-order chi connectivity index (χ0) is 18.0. The lowest BCUT2D eigenvalue weighted by Crippen LogP contribution is -2.41. The molecule has 0 aromatic heterocycles.